The molecular weight excluding hydrogens is 371 g/mol. The van der Waals surface area contributed by atoms with E-state index >= 15 is 0 Å². The second-order valence-electron chi connectivity index (χ2n) is 5.53. The summed E-state index contributed by atoms with van der Waals surface area (Å²) >= 11 is 1.13. The van der Waals surface area contributed by atoms with Crippen molar-refractivity contribution in [2.75, 3.05) is 26.3 Å². The summed E-state index contributed by atoms with van der Waals surface area (Å²) < 4.78 is 48.5. The van der Waals surface area contributed by atoms with Crippen molar-refractivity contribution in [2.45, 2.75) is 19.3 Å². The van der Waals surface area contributed by atoms with Crippen LogP contribution in [0.1, 0.15) is 23.1 Å². The van der Waals surface area contributed by atoms with Crippen LogP contribution in [0.3, 0.4) is 0 Å². The number of ether oxygens (including phenoxy) is 2. The summed E-state index contributed by atoms with van der Waals surface area (Å²) in [6.07, 6.45) is -3.88. The van der Waals surface area contributed by atoms with Crippen LogP contribution in [0.15, 0.2) is 23.7 Å². The molecule has 0 aliphatic carbocycles. The molecule has 0 amide bonds. The first kappa shape index (κ1) is 18.7. The molecule has 0 bridgehead atoms. The Kier molecular flexibility index (Phi) is 5.54. The van der Waals surface area contributed by atoms with Gasteiger partial charge in [0.25, 0.3) is 0 Å². The lowest BCUT2D eigenvalue weighted by Crippen LogP contribution is -2.47. The van der Waals surface area contributed by atoms with Crippen LogP contribution in [0.25, 0.3) is 10.6 Å². The van der Waals surface area contributed by atoms with Gasteiger partial charge >= 0.3 is 12.1 Å². The van der Waals surface area contributed by atoms with Crippen LogP contribution in [-0.4, -0.2) is 53.4 Å². The maximum atomic E-state index is 12.6. The number of hydrogen-bond donors (Lipinski definition) is 0. The van der Waals surface area contributed by atoms with Crippen LogP contribution in [0.4, 0.5) is 13.2 Å². The summed E-state index contributed by atoms with van der Waals surface area (Å²) in [5.41, 5.74) is -0.473. The van der Waals surface area contributed by atoms with Crippen molar-refractivity contribution in [3.8, 4) is 10.6 Å². The average molecular weight is 387 g/mol. The zero-order chi connectivity index (χ0) is 18.7. The SMILES string of the molecule is CCN1CCOCC1OC(=O)c1csc(-c2ccc(C(F)(F)F)nc2)n1. The molecule has 10 heteroatoms. The number of pyridine rings is 1. The Morgan fingerprint density at radius 3 is 2.92 bits per heavy atom. The van der Waals surface area contributed by atoms with Gasteiger partial charge in [0, 0.05) is 23.7 Å². The molecule has 0 radical (unpaired) electrons. The van der Waals surface area contributed by atoms with Crippen molar-refractivity contribution in [1.29, 1.82) is 0 Å². The molecule has 26 heavy (non-hydrogen) atoms. The highest BCUT2D eigenvalue weighted by Crippen LogP contribution is 2.30. The summed E-state index contributed by atoms with van der Waals surface area (Å²) in [4.78, 5) is 21.8. The van der Waals surface area contributed by atoms with E-state index < -0.39 is 24.1 Å². The molecule has 1 atom stereocenters. The Bertz CT molecular complexity index is 764. The zero-order valence-corrected chi connectivity index (χ0v) is 14.6. The van der Waals surface area contributed by atoms with Crippen molar-refractivity contribution in [2.24, 2.45) is 0 Å². The van der Waals surface area contributed by atoms with E-state index in [9.17, 15) is 18.0 Å². The third-order valence-corrected chi connectivity index (χ3v) is 4.75. The molecule has 1 saturated heterocycles. The van der Waals surface area contributed by atoms with Crippen LogP contribution in [0, 0.1) is 0 Å². The molecule has 0 spiro atoms. The highest BCUT2D eigenvalue weighted by atomic mass is 32.1. The number of nitrogens with zero attached hydrogens (tertiary/aromatic N) is 3. The van der Waals surface area contributed by atoms with Gasteiger partial charge in [-0.2, -0.15) is 13.2 Å². The third-order valence-electron chi connectivity index (χ3n) is 3.85. The molecule has 3 rings (SSSR count). The minimum Gasteiger partial charge on any atom is -0.439 e. The van der Waals surface area contributed by atoms with E-state index in [-0.39, 0.29) is 5.69 Å². The van der Waals surface area contributed by atoms with E-state index in [0.29, 0.717) is 30.3 Å². The Balaban J connectivity index is 1.70. The van der Waals surface area contributed by atoms with Gasteiger partial charge in [-0.1, -0.05) is 6.92 Å². The molecule has 1 aliphatic rings. The second-order valence-corrected chi connectivity index (χ2v) is 6.39. The van der Waals surface area contributed by atoms with Crippen molar-refractivity contribution >= 4 is 17.3 Å². The lowest BCUT2D eigenvalue weighted by atomic mass is 10.2. The van der Waals surface area contributed by atoms with Gasteiger partial charge in [0.15, 0.2) is 11.9 Å². The van der Waals surface area contributed by atoms with E-state index in [1.54, 1.807) is 0 Å². The van der Waals surface area contributed by atoms with Crippen LogP contribution in [-0.2, 0) is 15.7 Å². The summed E-state index contributed by atoms with van der Waals surface area (Å²) in [6.45, 7) is 4.24. The van der Waals surface area contributed by atoms with Gasteiger partial charge in [-0.05, 0) is 18.7 Å². The van der Waals surface area contributed by atoms with Crippen LogP contribution in [0.2, 0.25) is 0 Å². The van der Waals surface area contributed by atoms with Gasteiger partial charge in [0.05, 0.1) is 13.2 Å². The number of alkyl halides is 3. The first-order valence-electron chi connectivity index (χ1n) is 7.90. The molecule has 3 heterocycles. The van der Waals surface area contributed by atoms with Crippen molar-refractivity contribution in [1.82, 2.24) is 14.9 Å². The molecular formula is C16H16F3N3O3S. The first-order valence-corrected chi connectivity index (χ1v) is 8.78. The number of rotatable bonds is 4. The maximum absolute atomic E-state index is 12.6. The summed E-state index contributed by atoms with van der Waals surface area (Å²) in [6, 6.07) is 2.16. The van der Waals surface area contributed by atoms with Gasteiger partial charge in [-0.3, -0.25) is 9.88 Å². The van der Waals surface area contributed by atoms with Crippen LogP contribution < -0.4 is 0 Å². The Labute approximate surface area is 151 Å². The predicted molar refractivity (Wildman–Crippen MR) is 87.6 cm³/mol. The van der Waals surface area contributed by atoms with Crippen molar-refractivity contribution < 1.29 is 27.4 Å². The van der Waals surface area contributed by atoms with Gasteiger partial charge in [-0.15, -0.1) is 11.3 Å². The number of aromatic nitrogens is 2. The average Bonchev–Trinajstić information content (AvgIpc) is 3.12. The molecule has 1 fully saturated rings. The quantitative estimate of drug-likeness (QED) is 0.752. The molecule has 2 aromatic heterocycles. The minimum atomic E-state index is -4.50. The Morgan fingerprint density at radius 2 is 2.27 bits per heavy atom. The third kappa shape index (κ3) is 4.19. The highest BCUT2D eigenvalue weighted by molar-refractivity contribution is 7.13. The number of likely N-dealkylation sites (N-methyl/N-ethyl adjacent to an activating group) is 1. The van der Waals surface area contributed by atoms with Gasteiger partial charge in [0.1, 0.15) is 10.7 Å². The van der Waals surface area contributed by atoms with E-state index in [4.69, 9.17) is 9.47 Å². The number of esters is 1. The van der Waals surface area contributed by atoms with Gasteiger partial charge in [-0.25, -0.2) is 9.78 Å². The fourth-order valence-corrected chi connectivity index (χ4v) is 3.24. The van der Waals surface area contributed by atoms with Gasteiger partial charge < -0.3 is 9.47 Å². The van der Waals surface area contributed by atoms with Gasteiger partial charge in [0.2, 0.25) is 0 Å². The molecule has 140 valence electrons. The normalized spacial score (nSPS) is 18.7. The smallest absolute Gasteiger partial charge is 0.433 e. The Morgan fingerprint density at radius 1 is 1.46 bits per heavy atom. The number of thiazole rings is 1. The number of hydrogen-bond acceptors (Lipinski definition) is 7. The van der Waals surface area contributed by atoms with E-state index in [2.05, 4.69) is 9.97 Å². The Hall–Kier alpha value is -2.04. The lowest BCUT2D eigenvalue weighted by Gasteiger charge is -2.33. The molecule has 0 saturated carbocycles. The van der Waals surface area contributed by atoms with E-state index in [1.807, 2.05) is 11.8 Å². The molecule has 2 aromatic rings. The monoisotopic (exact) mass is 387 g/mol. The molecule has 0 N–H and O–H groups in total. The van der Waals surface area contributed by atoms with E-state index in [1.165, 1.54) is 11.4 Å². The number of halogens is 3. The number of carbonyl (C=O) groups is 1. The second kappa shape index (κ2) is 7.68. The largest absolute Gasteiger partial charge is 0.439 e. The summed E-state index contributed by atoms with van der Waals surface area (Å²) in [5, 5.41) is 1.90. The minimum absolute atomic E-state index is 0.103. The standard InChI is InChI=1S/C16H16F3N3O3S/c1-2-22-5-6-24-8-13(22)25-15(23)11-9-26-14(21-11)10-3-4-12(20-7-10)16(17,18)19/h3-4,7,9,13H,2,5-6,8H2,1H3. The molecule has 1 aliphatic heterocycles. The van der Waals surface area contributed by atoms with Crippen LogP contribution in [0.5, 0.6) is 0 Å². The number of morpholine rings is 1. The fraction of sp³-hybridized carbons (Fsp3) is 0.438. The maximum Gasteiger partial charge on any atom is 0.433 e. The van der Waals surface area contributed by atoms with Crippen molar-refractivity contribution in [3.05, 3.63) is 35.1 Å². The zero-order valence-electron chi connectivity index (χ0n) is 13.8. The fourth-order valence-electron chi connectivity index (χ4n) is 2.46. The highest BCUT2D eigenvalue weighted by Gasteiger charge is 2.32. The molecule has 6 nitrogen and oxygen atoms in total. The number of carbonyl (C=O) groups excluding carboxylic acids is 1. The van der Waals surface area contributed by atoms with Crippen LogP contribution >= 0.6 is 11.3 Å². The first-order chi connectivity index (χ1) is 12.4. The molecule has 1 unspecified atom stereocenters. The summed E-state index contributed by atoms with van der Waals surface area (Å²) in [5.74, 6) is -0.596. The van der Waals surface area contributed by atoms with Crippen molar-refractivity contribution in [3.63, 3.8) is 0 Å². The van der Waals surface area contributed by atoms with E-state index in [0.717, 1.165) is 30.1 Å². The summed E-state index contributed by atoms with van der Waals surface area (Å²) in [7, 11) is 0. The molecule has 0 aromatic carbocycles. The lowest BCUT2D eigenvalue weighted by molar-refractivity contribution is -0.141. The topological polar surface area (TPSA) is 64.6 Å². The predicted octanol–water partition coefficient (Wildman–Crippen LogP) is 3.06.